The van der Waals surface area contributed by atoms with Crippen molar-refractivity contribution in [1.82, 2.24) is 0 Å². The second-order valence-electron chi connectivity index (χ2n) is 4.01. The maximum Gasteiger partial charge on any atom is 0.327 e. The lowest BCUT2D eigenvalue weighted by atomic mass is 10.0. The average Bonchev–Trinajstić information content (AvgIpc) is 2.32. The number of benzene rings is 1. The molecule has 0 radical (unpaired) electrons. The monoisotopic (exact) mass is 392 g/mol. The van der Waals surface area contributed by atoms with E-state index in [1.807, 2.05) is 0 Å². The van der Waals surface area contributed by atoms with Crippen molar-refractivity contribution in [3.05, 3.63) is 38.8 Å². The number of allylic oxidation sites excluding steroid dienone is 1. The molecule has 3 N–H and O–H groups in total. The summed E-state index contributed by atoms with van der Waals surface area (Å²) in [6.45, 7) is 0. The van der Waals surface area contributed by atoms with Crippen LogP contribution < -0.4 is 0 Å². The minimum atomic E-state index is -0.978. The van der Waals surface area contributed by atoms with Crippen LogP contribution >= 0.6 is 31.9 Å². The van der Waals surface area contributed by atoms with E-state index in [0.717, 1.165) is 10.5 Å². The van der Waals surface area contributed by atoms with Gasteiger partial charge in [-0.25, -0.2) is 4.79 Å². The second kappa shape index (κ2) is 7.67. The van der Waals surface area contributed by atoms with Crippen molar-refractivity contribution in [3.8, 4) is 5.75 Å². The van der Waals surface area contributed by atoms with E-state index in [1.165, 1.54) is 0 Å². The summed E-state index contributed by atoms with van der Waals surface area (Å²) in [5.74, 6) is -0.953. The zero-order chi connectivity index (χ0) is 14.4. The Morgan fingerprint density at radius 3 is 2.68 bits per heavy atom. The standard InChI is InChI=1S/C13H14Br2O4/c14-8-6-9(13(19)10(15)7-8)11(16)4-2-1-3-5-12(17)18/h3,5-7,11,16,19H,1-2,4H2,(H,17,18)/b5-3+/t11-/m0/s1. The second-order valence-corrected chi connectivity index (χ2v) is 5.78. The Bertz CT molecular complexity index is 486. The number of aliphatic hydroxyl groups excluding tert-OH is 1. The van der Waals surface area contributed by atoms with Gasteiger partial charge in [0.05, 0.1) is 10.6 Å². The fourth-order valence-corrected chi connectivity index (χ4v) is 2.87. The molecule has 0 heterocycles. The summed E-state index contributed by atoms with van der Waals surface area (Å²) in [5.41, 5.74) is 0.448. The van der Waals surface area contributed by atoms with E-state index >= 15 is 0 Å². The van der Waals surface area contributed by atoms with Gasteiger partial charge in [0.1, 0.15) is 5.75 Å². The van der Waals surface area contributed by atoms with E-state index in [4.69, 9.17) is 5.11 Å². The molecule has 0 unspecified atom stereocenters. The van der Waals surface area contributed by atoms with Crippen molar-refractivity contribution in [2.24, 2.45) is 0 Å². The fraction of sp³-hybridized carbons (Fsp3) is 0.308. The van der Waals surface area contributed by atoms with Crippen LogP contribution in [-0.4, -0.2) is 21.3 Å². The lowest BCUT2D eigenvalue weighted by molar-refractivity contribution is -0.131. The summed E-state index contributed by atoms with van der Waals surface area (Å²) in [5, 5.41) is 28.3. The van der Waals surface area contributed by atoms with E-state index in [1.54, 1.807) is 18.2 Å². The number of unbranched alkanes of at least 4 members (excludes halogenated alkanes) is 1. The molecule has 1 aromatic rings. The van der Waals surface area contributed by atoms with E-state index in [-0.39, 0.29) is 5.75 Å². The largest absolute Gasteiger partial charge is 0.506 e. The normalized spacial score (nSPS) is 12.8. The predicted octanol–water partition coefficient (Wildman–Crippen LogP) is 3.76. The minimum absolute atomic E-state index is 0.0248. The van der Waals surface area contributed by atoms with E-state index in [9.17, 15) is 15.0 Å². The summed E-state index contributed by atoms with van der Waals surface area (Å²) in [4.78, 5) is 10.3. The van der Waals surface area contributed by atoms with Crippen molar-refractivity contribution >= 4 is 37.8 Å². The Labute approximate surface area is 128 Å². The van der Waals surface area contributed by atoms with Crippen molar-refractivity contribution < 1.29 is 20.1 Å². The summed E-state index contributed by atoms with van der Waals surface area (Å²) < 4.78 is 1.28. The first-order valence-corrected chi connectivity index (χ1v) is 7.26. The summed E-state index contributed by atoms with van der Waals surface area (Å²) in [6.07, 6.45) is 3.49. The van der Waals surface area contributed by atoms with Crippen LogP contribution in [0.25, 0.3) is 0 Å². The summed E-state index contributed by atoms with van der Waals surface area (Å²) in [7, 11) is 0. The first kappa shape index (κ1) is 16.2. The number of halogens is 2. The number of rotatable bonds is 6. The quantitative estimate of drug-likeness (QED) is 0.507. The van der Waals surface area contributed by atoms with Gasteiger partial charge in [0, 0.05) is 16.1 Å². The van der Waals surface area contributed by atoms with Crippen molar-refractivity contribution in [3.63, 3.8) is 0 Å². The van der Waals surface area contributed by atoms with Crippen LogP contribution in [-0.2, 0) is 4.79 Å². The Morgan fingerprint density at radius 2 is 2.05 bits per heavy atom. The highest BCUT2D eigenvalue weighted by molar-refractivity contribution is 9.11. The topological polar surface area (TPSA) is 77.8 Å². The molecule has 19 heavy (non-hydrogen) atoms. The maximum atomic E-state index is 10.3. The van der Waals surface area contributed by atoms with Gasteiger partial charge in [-0.05, 0) is 47.3 Å². The molecule has 0 spiro atoms. The zero-order valence-electron chi connectivity index (χ0n) is 10.0. The lowest BCUT2D eigenvalue weighted by Gasteiger charge is -2.13. The molecule has 0 saturated heterocycles. The molecule has 104 valence electrons. The van der Waals surface area contributed by atoms with Gasteiger partial charge in [0.15, 0.2) is 0 Å². The van der Waals surface area contributed by atoms with Gasteiger partial charge in [-0.3, -0.25) is 0 Å². The molecule has 0 amide bonds. The maximum absolute atomic E-state index is 10.3. The number of phenols is 1. The van der Waals surface area contributed by atoms with Crippen LogP contribution in [0.1, 0.15) is 30.9 Å². The minimum Gasteiger partial charge on any atom is -0.506 e. The molecular weight excluding hydrogens is 380 g/mol. The van der Waals surface area contributed by atoms with Gasteiger partial charge in [-0.15, -0.1) is 0 Å². The molecule has 0 aliphatic carbocycles. The molecular formula is C13H14Br2O4. The third kappa shape index (κ3) is 5.34. The number of aromatic hydroxyl groups is 1. The van der Waals surface area contributed by atoms with Crippen molar-refractivity contribution in [2.45, 2.75) is 25.4 Å². The number of hydrogen-bond donors (Lipinski definition) is 3. The van der Waals surface area contributed by atoms with Crippen molar-refractivity contribution in [1.29, 1.82) is 0 Å². The van der Waals surface area contributed by atoms with Crippen LogP contribution in [0.4, 0.5) is 0 Å². The summed E-state index contributed by atoms with van der Waals surface area (Å²) in [6, 6.07) is 3.36. The van der Waals surface area contributed by atoms with Gasteiger partial charge in [0.2, 0.25) is 0 Å². The SMILES string of the molecule is O=C(O)/C=C/CCC[C@H](O)c1cc(Br)cc(Br)c1O. The lowest BCUT2D eigenvalue weighted by Crippen LogP contribution is -1.98. The van der Waals surface area contributed by atoms with Crippen LogP contribution in [0, 0.1) is 0 Å². The Morgan fingerprint density at radius 1 is 1.37 bits per heavy atom. The molecule has 4 nitrogen and oxygen atoms in total. The Kier molecular flexibility index (Phi) is 6.54. The van der Waals surface area contributed by atoms with Gasteiger partial charge < -0.3 is 15.3 Å². The van der Waals surface area contributed by atoms with Crippen LogP contribution in [0.2, 0.25) is 0 Å². The molecule has 0 aliphatic heterocycles. The number of aliphatic hydroxyl groups is 1. The highest BCUT2D eigenvalue weighted by atomic mass is 79.9. The molecule has 0 aromatic heterocycles. The molecule has 0 saturated carbocycles. The van der Waals surface area contributed by atoms with Crippen LogP contribution in [0.5, 0.6) is 5.75 Å². The molecule has 6 heteroatoms. The molecule has 0 fully saturated rings. The number of aliphatic carboxylic acids is 1. The smallest absolute Gasteiger partial charge is 0.327 e. The summed E-state index contributed by atoms with van der Waals surface area (Å²) >= 11 is 6.50. The number of carboxylic acid groups (broad SMARTS) is 1. The van der Waals surface area contributed by atoms with Gasteiger partial charge in [-0.1, -0.05) is 22.0 Å². The number of carboxylic acids is 1. The highest BCUT2D eigenvalue weighted by Gasteiger charge is 2.15. The van der Waals surface area contributed by atoms with E-state index in [2.05, 4.69) is 31.9 Å². The van der Waals surface area contributed by atoms with Crippen LogP contribution in [0.15, 0.2) is 33.2 Å². The van der Waals surface area contributed by atoms with Gasteiger partial charge in [-0.2, -0.15) is 0 Å². The number of phenolic OH excluding ortho intramolecular Hbond substituents is 1. The van der Waals surface area contributed by atoms with Gasteiger partial charge in [0.25, 0.3) is 0 Å². The Balaban J connectivity index is 2.59. The van der Waals surface area contributed by atoms with E-state index in [0.29, 0.717) is 29.3 Å². The zero-order valence-corrected chi connectivity index (χ0v) is 13.2. The first-order chi connectivity index (χ1) is 8.91. The Hall–Kier alpha value is -0.850. The number of carbonyl (C=O) groups is 1. The average molecular weight is 394 g/mol. The fourth-order valence-electron chi connectivity index (χ4n) is 1.61. The molecule has 0 bridgehead atoms. The van der Waals surface area contributed by atoms with Crippen LogP contribution in [0.3, 0.4) is 0 Å². The molecule has 1 atom stereocenters. The molecule has 0 aliphatic rings. The number of hydrogen-bond acceptors (Lipinski definition) is 3. The first-order valence-electron chi connectivity index (χ1n) is 5.67. The van der Waals surface area contributed by atoms with Crippen molar-refractivity contribution in [2.75, 3.05) is 0 Å². The molecule has 1 aromatic carbocycles. The third-order valence-corrected chi connectivity index (χ3v) is 3.59. The third-order valence-electron chi connectivity index (χ3n) is 2.53. The highest BCUT2D eigenvalue weighted by Crippen LogP contribution is 2.36. The van der Waals surface area contributed by atoms with Gasteiger partial charge >= 0.3 is 5.97 Å². The van der Waals surface area contributed by atoms with E-state index < -0.39 is 12.1 Å². The predicted molar refractivity (Wildman–Crippen MR) is 79.1 cm³/mol. The molecule has 1 rings (SSSR count).